The Balaban J connectivity index is 1.46. The third-order valence-corrected chi connectivity index (χ3v) is 5.32. The van der Waals surface area contributed by atoms with Gasteiger partial charge in [-0.05, 0) is 36.6 Å². The summed E-state index contributed by atoms with van der Waals surface area (Å²) in [7, 11) is 1.66. The predicted molar refractivity (Wildman–Crippen MR) is 109 cm³/mol. The van der Waals surface area contributed by atoms with Crippen LogP contribution in [0.25, 0.3) is 11.0 Å². The van der Waals surface area contributed by atoms with Gasteiger partial charge in [0.15, 0.2) is 5.69 Å². The summed E-state index contributed by atoms with van der Waals surface area (Å²) in [6, 6.07) is 15.7. The maximum Gasteiger partial charge on any atom is 0.282 e. The number of fused-ring (bicyclic) bond motifs is 2. The van der Waals surface area contributed by atoms with Crippen molar-refractivity contribution in [2.45, 2.75) is 25.9 Å². The fourth-order valence-corrected chi connectivity index (χ4v) is 3.86. The smallest absolute Gasteiger partial charge is 0.282 e. The van der Waals surface area contributed by atoms with E-state index < -0.39 is 5.91 Å². The van der Waals surface area contributed by atoms with E-state index in [2.05, 4.69) is 39.5 Å². The minimum absolute atomic E-state index is 0.0583. The van der Waals surface area contributed by atoms with Crippen molar-refractivity contribution in [2.24, 2.45) is 7.05 Å². The lowest BCUT2D eigenvalue weighted by Gasteiger charge is -2.31. The molecule has 2 heterocycles. The van der Waals surface area contributed by atoms with Crippen LogP contribution in [0, 0.1) is 0 Å². The number of carbonyl (C=O) groups excluding carboxylic acids is 1. The monoisotopic (exact) mass is 376 g/mol. The van der Waals surface area contributed by atoms with Gasteiger partial charge in [0, 0.05) is 32.7 Å². The quantitative estimate of drug-likeness (QED) is 0.757. The molecule has 0 saturated heterocycles. The van der Waals surface area contributed by atoms with E-state index >= 15 is 0 Å². The number of nitrogens with one attached hydrogen (secondary N) is 1. The fourth-order valence-electron chi connectivity index (χ4n) is 3.86. The van der Waals surface area contributed by atoms with Crippen LogP contribution in [-0.4, -0.2) is 39.5 Å². The molecule has 3 aromatic rings. The molecule has 0 bridgehead atoms. The molecule has 0 aliphatic carbocycles. The van der Waals surface area contributed by atoms with Gasteiger partial charge in [0.1, 0.15) is 0 Å². The highest BCUT2D eigenvalue weighted by Crippen LogP contribution is 2.18. The summed E-state index contributed by atoms with van der Waals surface area (Å²) < 4.78 is 1.48. The summed E-state index contributed by atoms with van der Waals surface area (Å²) in [5.74, 6) is -0.420. The van der Waals surface area contributed by atoms with Crippen molar-refractivity contribution in [3.05, 3.63) is 75.7 Å². The minimum Gasteiger partial charge on any atom is -0.347 e. The summed E-state index contributed by atoms with van der Waals surface area (Å²) in [5.41, 5.74) is 3.66. The number of carbonyl (C=O) groups is 1. The van der Waals surface area contributed by atoms with Crippen LogP contribution in [0.1, 0.15) is 28.5 Å². The Morgan fingerprint density at radius 3 is 2.68 bits per heavy atom. The molecule has 4 rings (SSSR count). The zero-order valence-corrected chi connectivity index (χ0v) is 16.2. The standard InChI is InChI=1S/C22H24N4O2/c1-15(13-26-12-11-16-7-3-4-8-17(16)14-26)23-21(27)20-22(28)25(2)19-10-6-5-9-18(19)24-20/h3-10,15H,11-14H2,1-2H3,(H,23,27). The van der Waals surface area contributed by atoms with Gasteiger partial charge in [-0.2, -0.15) is 0 Å². The molecule has 0 radical (unpaired) electrons. The first-order valence-electron chi connectivity index (χ1n) is 9.58. The SMILES string of the molecule is CC(CN1CCc2ccccc2C1)NC(=O)c1nc2ccccc2n(C)c1=O. The summed E-state index contributed by atoms with van der Waals surface area (Å²) in [6.45, 7) is 4.54. The van der Waals surface area contributed by atoms with Crippen LogP contribution in [0.4, 0.5) is 0 Å². The van der Waals surface area contributed by atoms with Gasteiger partial charge in [-0.1, -0.05) is 36.4 Å². The Bertz CT molecular complexity index is 1090. The zero-order valence-electron chi connectivity index (χ0n) is 16.2. The Labute approximate surface area is 163 Å². The van der Waals surface area contributed by atoms with Gasteiger partial charge in [-0.3, -0.25) is 14.5 Å². The molecule has 1 aromatic heterocycles. The van der Waals surface area contributed by atoms with E-state index in [9.17, 15) is 9.59 Å². The van der Waals surface area contributed by atoms with Crippen LogP contribution in [0.15, 0.2) is 53.3 Å². The molecule has 1 atom stereocenters. The van der Waals surface area contributed by atoms with Crippen molar-refractivity contribution in [3.63, 3.8) is 0 Å². The van der Waals surface area contributed by atoms with Gasteiger partial charge in [-0.15, -0.1) is 0 Å². The molecular formula is C22H24N4O2. The third-order valence-electron chi connectivity index (χ3n) is 5.32. The minimum atomic E-state index is -0.420. The van der Waals surface area contributed by atoms with Crippen LogP contribution in [0.3, 0.4) is 0 Å². The molecule has 0 spiro atoms. The number of aryl methyl sites for hydroxylation is 1. The van der Waals surface area contributed by atoms with Crippen molar-refractivity contribution < 1.29 is 4.79 Å². The number of para-hydroxylation sites is 2. The number of amides is 1. The van der Waals surface area contributed by atoms with Crippen LogP contribution in [-0.2, 0) is 20.0 Å². The number of rotatable bonds is 4. The molecule has 144 valence electrons. The number of benzene rings is 2. The van der Waals surface area contributed by atoms with E-state index in [1.54, 1.807) is 13.1 Å². The summed E-state index contributed by atoms with van der Waals surface area (Å²) in [6.07, 6.45) is 1.02. The molecule has 1 aliphatic rings. The van der Waals surface area contributed by atoms with Crippen molar-refractivity contribution in [1.29, 1.82) is 0 Å². The molecule has 6 nitrogen and oxygen atoms in total. The number of hydrogen-bond donors (Lipinski definition) is 1. The fraction of sp³-hybridized carbons (Fsp3) is 0.318. The highest BCUT2D eigenvalue weighted by Gasteiger charge is 2.21. The number of aromatic nitrogens is 2. The van der Waals surface area contributed by atoms with E-state index in [1.807, 2.05) is 25.1 Å². The van der Waals surface area contributed by atoms with Gasteiger partial charge >= 0.3 is 0 Å². The third kappa shape index (κ3) is 3.55. The number of hydrogen-bond acceptors (Lipinski definition) is 4. The van der Waals surface area contributed by atoms with Gasteiger partial charge in [0.05, 0.1) is 11.0 Å². The van der Waals surface area contributed by atoms with E-state index in [4.69, 9.17) is 0 Å². The first-order valence-corrected chi connectivity index (χ1v) is 9.58. The predicted octanol–water partition coefficient (Wildman–Crippen LogP) is 2.11. The van der Waals surface area contributed by atoms with Crippen LogP contribution >= 0.6 is 0 Å². The van der Waals surface area contributed by atoms with Gasteiger partial charge in [0.2, 0.25) is 0 Å². The molecular weight excluding hydrogens is 352 g/mol. The summed E-state index contributed by atoms with van der Waals surface area (Å²) in [5, 5.41) is 2.94. The second-order valence-corrected chi connectivity index (χ2v) is 7.44. The molecule has 1 N–H and O–H groups in total. The Morgan fingerprint density at radius 1 is 1.14 bits per heavy atom. The van der Waals surface area contributed by atoms with Gasteiger partial charge in [-0.25, -0.2) is 4.98 Å². The van der Waals surface area contributed by atoms with E-state index in [1.165, 1.54) is 15.7 Å². The van der Waals surface area contributed by atoms with Crippen molar-refractivity contribution in [3.8, 4) is 0 Å². The van der Waals surface area contributed by atoms with Crippen LogP contribution in [0.2, 0.25) is 0 Å². The lowest BCUT2D eigenvalue weighted by molar-refractivity contribution is 0.0920. The summed E-state index contributed by atoms with van der Waals surface area (Å²) in [4.78, 5) is 31.9. The molecule has 6 heteroatoms. The van der Waals surface area contributed by atoms with Crippen molar-refractivity contribution >= 4 is 16.9 Å². The van der Waals surface area contributed by atoms with E-state index in [0.717, 1.165) is 26.1 Å². The first kappa shape index (κ1) is 18.4. The average molecular weight is 376 g/mol. The highest BCUT2D eigenvalue weighted by molar-refractivity contribution is 5.94. The molecule has 2 aromatic carbocycles. The Kier molecular flexibility index (Phi) is 4.96. The van der Waals surface area contributed by atoms with E-state index in [0.29, 0.717) is 11.0 Å². The first-order chi connectivity index (χ1) is 13.5. The van der Waals surface area contributed by atoms with Crippen LogP contribution in [0.5, 0.6) is 0 Å². The Hall–Kier alpha value is -2.99. The van der Waals surface area contributed by atoms with Crippen LogP contribution < -0.4 is 10.9 Å². The van der Waals surface area contributed by atoms with Gasteiger partial charge in [0.25, 0.3) is 11.5 Å². The molecule has 1 unspecified atom stereocenters. The average Bonchev–Trinajstić information content (AvgIpc) is 2.70. The van der Waals surface area contributed by atoms with Gasteiger partial charge < -0.3 is 9.88 Å². The van der Waals surface area contributed by atoms with Crippen molar-refractivity contribution in [2.75, 3.05) is 13.1 Å². The number of nitrogens with zero attached hydrogens (tertiary/aromatic N) is 3. The molecule has 1 amide bonds. The molecule has 28 heavy (non-hydrogen) atoms. The normalized spacial score (nSPS) is 15.2. The van der Waals surface area contributed by atoms with E-state index in [-0.39, 0.29) is 17.3 Å². The lowest BCUT2D eigenvalue weighted by atomic mass is 10.00. The topological polar surface area (TPSA) is 67.2 Å². The van der Waals surface area contributed by atoms with Crippen molar-refractivity contribution in [1.82, 2.24) is 19.8 Å². The highest BCUT2D eigenvalue weighted by atomic mass is 16.2. The molecule has 0 saturated carbocycles. The summed E-state index contributed by atoms with van der Waals surface area (Å²) >= 11 is 0. The maximum absolute atomic E-state index is 12.7. The Morgan fingerprint density at radius 2 is 1.86 bits per heavy atom. The molecule has 0 fully saturated rings. The molecule has 1 aliphatic heterocycles. The zero-order chi connectivity index (χ0) is 19.7. The second kappa shape index (κ2) is 7.56. The maximum atomic E-state index is 12.7. The second-order valence-electron chi connectivity index (χ2n) is 7.44. The lowest BCUT2D eigenvalue weighted by Crippen LogP contribution is -2.45. The largest absolute Gasteiger partial charge is 0.347 e.